The minimum atomic E-state index is -3.02. The zero-order chi connectivity index (χ0) is 21.2. The molecule has 0 bridgehead atoms. The lowest BCUT2D eigenvalue weighted by atomic mass is 9.44. The average molecular weight is 413 g/mol. The molecule has 0 heterocycles. The van der Waals surface area contributed by atoms with E-state index in [0.29, 0.717) is 29.6 Å². The number of hydrogen-bond donors (Lipinski definition) is 2. The van der Waals surface area contributed by atoms with Crippen LogP contribution in [0.15, 0.2) is 0 Å². The Hall–Kier alpha value is -0.220. The standard InChI is InChI=1S/C25H42F2O2/c1-22(2,29)25(26,27)14-9-16-6-8-20-19-7-5-17-15-18(28)10-12-24(17,4)21(19)11-13-23(16,20)3/h16-21,28-29H,5-15H2,1-4H3/t16?,17?,18?,19?,20-,21?,23?,24?/m0/s1. The summed E-state index contributed by atoms with van der Waals surface area (Å²) in [5.74, 6) is 0.174. The van der Waals surface area contributed by atoms with Crippen molar-refractivity contribution in [3.8, 4) is 0 Å². The third kappa shape index (κ3) is 3.49. The first kappa shape index (κ1) is 22.0. The van der Waals surface area contributed by atoms with Gasteiger partial charge in [0, 0.05) is 6.42 Å². The van der Waals surface area contributed by atoms with Gasteiger partial charge in [0.25, 0.3) is 5.92 Å². The van der Waals surface area contributed by atoms with Crippen molar-refractivity contribution in [3.63, 3.8) is 0 Å². The molecule has 0 aromatic carbocycles. The third-order valence-corrected chi connectivity index (χ3v) is 10.5. The smallest absolute Gasteiger partial charge is 0.275 e. The Labute approximate surface area is 175 Å². The van der Waals surface area contributed by atoms with Crippen molar-refractivity contribution in [2.75, 3.05) is 0 Å². The van der Waals surface area contributed by atoms with E-state index in [1.165, 1.54) is 46.0 Å². The van der Waals surface area contributed by atoms with E-state index in [0.717, 1.165) is 37.5 Å². The molecule has 0 saturated heterocycles. The summed E-state index contributed by atoms with van der Waals surface area (Å²) in [5, 5.41) is 20.0. The van der Waals surface area contributed by atoms with E-state index in [9.17, 15) is 19.0 Å². The fourth-order valence-corrected chi connectivity index (χ4v) is 8.48. The molecule has 2 nitrogen and oxygen atoms in total. The van der Waals surface area contributed by atoms with Crippen LogP contribution in [0.3, 0.4) is 0 Å². The van der Waals surface area contributed by atoms with Crippen LogP contribution in [-0.2, 0) is 0 Å². The molecule has 0 aliphatic heterocycles. The maximum atomic E-state index is 14.4. The molecule has 0 amide bonds. The van der Waals surface area contributed by atoms with E-state index in [1.54, 1.807) is 0 Å². The lowest BCUT2D eigenvalue weighted by Gasteiger charge is -2.61. The number of rotatable bonds is 4. The van der Waals surface area contributed by atoms with Gasteiger partial charge in [-0.25, -0.2) is 8.78 Å². The Morgan fingerprint density at radius 3 is 2.24 bits per heavy atom. The number of alkyl halides is 2. The van der Waals surface area contributed by atoms with Crippen molar-refractivity contribution in [2.24, 2.45) is 40.4 Å². The molecule has 0 aromatic heterocycles. The lowest BCUT2D eigenvalue weighted by Crippen LogP contribution is -2.54. The summed E-state index contributed by atoms with van der Waals surface area (Å²) in [6.45, 7) is 7.36. The summed E-state index contributed by atoms with van der Waals surface area (Å²) in [6.07, 6.45) is 10.5. The highest BCUT2D eigenvalue weighted by molar-refractivity contribution is 5.09. The molecule has 29 heavy (non-hydrogen) atoms. The second-order valence-electron chi connectivity index (χ2n) is 12.2. The van der Waals surface area contributed by atoms with Crippen molar-refractivity contribution < 1.29 is 19.0 Å². The second-order valence-corrected chi connectivity index (χ2v) is 12.2. The summed E-state index contributed by atoms with van der Waals surface area (Å²) >= 11 is 0. The molecule has 4 heteroatoms. The van der Waals surface area contributed by atoms with Crippen molar-refractivity contribution in [1.82, 2.24) is 0 Å². The van der Waals surface area contributed by atoms with Crippen LogP contribution in [0.2, 0.25) is 0 Å². The van der Waals surface area contributed by atoms with Crippen molar-refractivity contribution >= 4 is 0 Å². The zero-order valence-electron chi connectivity index (χ0n) is 18.9. The molecule has 4 rings (SSSR count). The molecule has 8 atom stereocenters. The topological polar surface area (TPSA) is 40.5 Å². The fourth-order valence-electron chi connectivity index (χ4n) is 8.48. The number of aliphatic hydroxyl groups is 2. The fraction of sp³-hybridized carbons (Fsp3) is 1.00. The minimum absolute atomic E-state index is 0.105. The molecular formula is C25H42F2O2. The van der Waals surface area contributed by atoms with E-state index >= 15 is 0 Å². The van der Waals surface area contributed by atoms with Gasteiger partial charge in [0.2, 0.25) is 0 Å². The minimum Gasteiger partial charge on any atom is -0.393 e. The molecule has 4 fully saturated rings. The average Bonchev–Trinajstić information content (AvgIpc) is 2.96. The Kier molecular flexibility index (Phi) is 5.42. The van der Waals surface area contributed by atoms with Crippen LogP contribution in [0.5, 0.6) is 0 Å². The maximum absolute atomic E-state index is 14.4. The molecule has 4 aliphatic rings. The first-order chi connectivity index (χ1) is 13.4. The van der Waals surface area contributed by atoms with Gasteiger partial charge in [-0.3, -0.25) is 0 Å². The molecule has 0 radical (unpaired) electrons. The molecule has 0 aromatic rings. The van der Waals surface area contributed by atoms with Crippen LogP contribution in [0.4, 0.5) is 8.78 Å². The SMILES string of the molecule is CC12CCC(O)CC1CCC1C2CCC2(C)C(CCC(F)(F)C(C)(C)O)CC[C@@H]12. The lowest BCUT2D eigenvalue weighted by molar-refractivity contribution is -0.170. The quantitative estimate of drug-likeness (QED) is 0.578. The first-order valence-corrected chi connectivity index (χ1v) is 12.2. The summed E-state index contributed by atoms with van der Waals surface area (Å²) in [4.78, 5) is 0. The van der Waals surface area contributed by atoms with Crippen LogP contribution < -0.4 is 0 Å². The Morgan fingerprint density at radius 2 is 1.55 bits per heavy atom. The molecule has 4 saturated carbocycles. The van der Waals surface area contributed by atoms with Gasteiger partial charge < -0.3 is 10.2 Å². The van der Waals surface area contributed by atoms with Crippen LogP contribution in [-0.4, -0.2) is 27.8 Å². The van der Waals surface area contributed by atoms with Gasteiger partial charge in [-0.2, -0.15) is 0 Å². The number of halogens is 2. The van der Waals surface area contributed by atoms with Gasteiger partial charge in [0.15, 0.2) is 0 Å². The molecule has 2 N–H and O–H groups in total. The van der Waals surface area contributed by atoms with Crippen molar-refractivity contribution in [3.05, 3.63) is 0 Å². The van der Waals surface area contributed by atoms with E-state index in [2.05, 4.69) is 13.8 Å². The molecule has 7 unspecified atom stereocenters. The van der Waals surface area contributed by atoms with Gasteiger partial charge >= 0.3 is 0 Å². The van der Waals surface area contributed by atoms with Crippen LogP contribution in [0, 0.1) is 40.4 Å². The predicted molar refractivity (Wildman–Crippen MR) is 112 cm³/mol. The highest BCUT2D eigenvalue weighted by atomic mass is 19.3. The zero-order valence-corrected chi connectivity index (χ0v) is 18.9. The maximum Gasteiger partial charge on any atom is 0.275 e. The van der Waals surface area contributed by atoms with E-state index in [-0.39, 0.29) is 17.9 Å². The number of aliphatic hydroxyl groups excluding tert-OH is 1. The van der Waals surface area contributed by atoms with Gasteiger partial charge in [0.1, 0.15) is 5.60 Å². The second kappa shape index (κ2) is 7.15. The van der Waals surface area contributed by atoms with Gasteiger partial charge in [0.05, 0.1) is 6.10 Å². The summed E-state index contributed by atoms with van der Waals surface area (Å²) in [7, 11) is 0. The van der Waals surface area contributed by atoms with Gasteiger partial charge in [-0.05, 0) is 118 Å². The molecule has 0 spiro atoms. The Bertz CT molecular complexity index is 614. The highest BCUT2D eigenvalue weighted by Gasteiger charge is 2.60. The number of fused-ring (bicyclic) bond motifs is 5. The summed E-state index contributed by atoms with van der Waals surface area (Å²) in [5.41, 5.74) is -1.38. The summed E-state index contributed by atoms with van der Waals surface area (Å²) in [6, 6.07) is 0. The van der Waals surface area contributed by atoms with E-state index in [4.69, 9.17) is 0 Å². The monoisotopic (exact) mass is 412 g/mol. The third-order valence-electron chi connectivity index (χ3n) is 10.5. The van der Waals surface area contributed by atoms with Crippen LogP contribution in [0.25, 0.3) is 0 Å². The van der Waals surface area contributed by atoms with Gasteiger partial charge in [-0.1, -0.05) is 13.8 Å². The van der Waals surface area contributed by atoms with Crippen LogP contribution in [0.1, 0.15) is 98.3 Å². The Balaban J connectivity index is 1.48. The predicted octanol–water partition coefficient (Wildman–Crippen LogP) is 6.19. The normalized spacial score (nSPS) is 48.0. The first-order valence-electron chi connectivity index (χ1n) is 12.2. The molecular weight excluding hydrogens is 370 g/mol. The number of hydrogen-bond acceptors (Lipinski definition) is 2. The summed E-state index contributed by atoms with van der Waals surface area (Å²) < 4.78 is 28.8. The molecule has 4 aliphatic carbocycles. The van der Waals surface area contributed by atoms with Crippen molar-refractivity contribution in [2.45, 2.75) is 116 Å². The van der Waals surface area contributed by atoms with Crippen molar-refractivity contribution in [1.29, 1.82) is 0 Å². The van der Waals surface area contributed by atoms with Gasteiger partial charge in [-0.15, -0.1) is 0 Å². The largest absolute Gasteiger partial charge is 0.393 e. The highest BCUT2D eigenvalue weighted by Crippen LogP contribution is 2.68. The van der Waals surface area contributed by atoms with E-state index in [1.807, 2.05) is 0 Å². The van der Waals surface area contributed by atoms with Crippen LogP contribution >= 0.6 is 0 Å². The Morgan fingerprint density at radius 1 is 0.897 bits per heavy atom. The molecule has 168 valence electrons. The van der Waals surface area contributed by atoms with E-state index < -0.39 is 11.5 Å².